The van der Waals surface area contributed by atoms with E-state index in [-0.39, 0.29) is 53.0 Å². The molecule has 3 aromatic rings. The molecule has 1 aromatic heterocycles. The summed E-state index contributed by atoms with van der Waals surface area (Å²) < 4.78 is 29.8. The number of aromatic nitrogens is 1. The van der Waals surface area contributed by atoms with Gasteiger partial charge in [0.05, 0.1) is 22.4 Å². The van der Waals surface area contributed by atoms with Gasteiger partial charge < -0.3 is 20.8 Å². The van der Waals surface area contributed by atoms with E-state index in [1.807, 2.05) is 4.90 Å². The van der Waals surface area contributed by atoms with E-state index in [2.05, 4.69) is 0 Å². The third kappa shape index (κ3) is 5.93. The van der Waals surface area contributed by atoms with Crippen molar-refractivity contribution in [2.75, 3.05) is 18.0 Å². The number of nitriles is 1. The smallest absolute Gasteiger partial charge is 0.141 e. The van der Waals surface area contributed by atoms with Crippen molar-refractivity contribution in [1.29, 1.82) is 5.26 Å². The summed E-state index contributed by atoms with van der Waals surface area (Å²) in [7, 11) is 0. The van der Waals surface area contributed by atoms with Crippen LogP contribution in [0.25, 0.3) is 22.4 Å². The fourth-order valence-electron chi connectivity index (χ4n) is 4.41. The van der Waals surface area contributed by atoms with Gasteiger partial charge in [-0.25, -0.2) is 13.8 Å². The maximum Gasteiger partial charge on any atom is 0.141 e. The number of pyridine rings is 1. The van der Waals surface area contributed by atoms with Crippen LogP contribution in [0.5, 0.6) is 5.75 Å². The maximum absolute atomic E-state index is 15.3. The molecular weight excluding hydrogens is 486 g/mol. The lowest BCUT2D eigenvalue weighted by Gasteiger charge is -2.31. The SMILES string of the molecule is CC(C)(O)Cc1ccc(-c2c(O)cc(N3CCC(N)CC3)nc2-c2ccc(C#N)c(F)c2)c(F)c1.Cl. The highest BCUT2D eigenvalue weighted by Crippen LogP contribution is 2.41. The summed E-state index contributed by atoms with van der Waals surface area (Å²) in [6.07, 6.45) is 1.78. The lowest BCUT2D eigenvalue weighted by Crippen LogP contribution is -2.40. The fourth-order valence-corrected chi connectivity index (χ4v) is 4.41. The van der Waals surface area contributed by atoms with Gasteiger partial charge >= 0.3 is 0 Å². The van der Waals surface area contributed by atoms with Gasteiger partial charge in [-0.15, -0.1) is 12.4 Å². The highest BCUT2D eigenvalue weighted by atomic mass is 35.5. The quantitative estimate of drug-likeness (QED) is 0.445. The number of nitrogens with two attached hydrogens (primary N) is 1. The minimum atomic E-state index is -1.01. The van der Waals surface area contributed by atoms with Gasteiger partial charge in [0.15, 0.2) is 0 Å². The van der Waals surface area contributed by atoms with Gasteiger partial charge in [0, 0.05) is 42.7 Å². The molecule has 0 amide bonds. The van der Waals surface area contributed by atoms with E-state index in [1.54, 1.807) is 26.0 Å². The summed E-state index contributed by atoms with van der Waals surface area (Å²) in [5, 5.41) is 30.3. The van der Waals surface area contributed by atoms with Crippen LogP contribution in [0, 0.1) is 23.0 Å². The number of hydrogen-bond acceptors (Lipinski definition) is 6. The molecule has 4 rings (SSSR count). The van der Waals surface area contributed by atoms with Crippen molar-refractivity contribution in [3.05, 3.63) is 65.2 Å². The lowest BCUT2D eigenvalue weighted by molar-refractivity contribution is 0.0809. The van der Waals surface area contributed by atoms with Crippen LogP contribution in [0.2, 0.25) is 0 Å². The average Bonchev–Trinajstić information content (AvgIpc) is 2.78. The third-order valence-corrected chi connectivity index (χ3v) is 6.15. The first-order valence-electron chi connectivity index (χ1n) is 11.5. The molecule has 6 nitrogen and oxygen atoms in total. The van der Waals surface area contributed by atoms with Crippen molar-refractivity contribution < 1.29 is 19.0 Å². The lowest BCUT2D eigenvalue weighted by atomic mass is 9.93. The van der Waals surface area contributed by atoms with Crippen molar-refractivity contribution in [2.24, 2.45) is 5.73 Å². The Hall–Kier alpha value is -3.25. The van der Waals surface area contributed by atoms with Crippen LogP contribution in [-0.2, 0) is 6.42 Å². The molecule has 0 saturated carbocycles. The molecule has 0 radical (unpaired) electrons. The molecule has 1 saturated heterocycles. The number of piperidine rings is 1. The first-order chi connectivity index (χ1) is 16.6. The van der Waals surface area contributed by atoms with Crippen molar-refractivity contribution in [3.63, 3.8) is 0 Å². The number of hydrogen-bond donors (Lipinski definition) is 3. The second-order valence-electron chi connectivity index (χ2n) is 9.66. The zero-order valence-corrected chi connectivity index (χ0v) is 20.9. The Morgan fingerprint density at radius 2 is 1.81 bits per heavy atom. The van der Waals surface area contributed by atoms with Crippen LogP contribution >= 0.6 is 12.4 Å². The van der Waals surface area contributed by atoms with Crippen molar-refractivity contribution in [3.8, 4) is 34.2 Å². The number of rotatable bonds is 5. The molecule has 0 aliphatic carbocycles. The normalized spacial score (nSPS) is 14.3. The van der Waals surface area contributed by atoms with E-state index in [0.717, 1.165) is 12.8 Å². The van der Waals surface area contributed by atoms with Crippen molar-refractivity contribution in [2.45, 2.75) is 44.8 Å². The molecule has 4 N–H and O–H groups in total. The Balaban J connectivity index is 0.00000361. The third-order valence-electron chi connectivity index (χ3n) is 6.15. The highest BCUT2D eigenvalue weighted by molar-refractivity contribution is 5.87. The molecule has 0 bridgehead atoms. The number of aromatic hydroxyl groups is 1. The summed E-state index contributed by atoms with van der Waals surface area (Å²) in [6, 6.07) is 11.9. The molecule has 1 fully saturated rings. The number of halogens is 3. The van der Waals surface area contributed by atoms with E-state index >= 15 is 4.39 Å². The molecule has 36 heavy (non-hydrogen) atoms. The first-order valence-corrected chi connectivity index (χ1v) is 11.5. The molecule has 2 heterocycles. The number of nitrogens with zero attached hydrogens (tertiary/aromatic N) is 3. The summed E-state index contributed by atoms with van der Waals surface area (Å²) in [5.74, 6) is -1.04. The predicted molar refractivity (Wildman–Crippen MR) is 138 cm³/mol. The van der Waals surface area contributed by atoms with Gasteiger partial charge in [-0.05, 0) is 50.5 Å². The first kappa shape index (κ1) is 27.3. The van der Waals surface area contributed by atoms with E-state index in [4.69, 9.17) is 16.0 Å². The Labute approximate surface area is 215 Å². The molecule has 190 valence electrons. The number of aliphatic hydroxyl groups is 1. The zero-order valence-electron chi connectivity index (χ0n) is 20.1. The zero-order chi connectivity index (χ0) is 25.3. The van der Waals surface area contributed by atoms with Gasteiger partial charge in [-0.2, -0.15) is 5.26 Å². The Kier molecular flexibility index (Phi) is 8.19. The van der Waals surface area contributed by atoms with Crippen molar-refractivity contribution in [1.82, 2.24) is 4.98 Å². The molecule has 1 aliphatic rings. The molecule has 9 heteroatoms. The van der Waals surface area contributed by atoms with Crippen LogP contribution in [0.15, 0.2) is 42.5 Å². The Morgan fingerprint density at radius 1 is 1.11 bits per heavy atom. The topological polar surface area (TPSA) is 106 Å². The van der Waals surface area contributed by atoms with Gasteiger partial charge in [0.2, 0.25) is 0 Å². The summed E-state index contributed by atoms with van der Waals surface area (Å²) in [4.78, 5) is 6.70. The fraction of sp³-hybridized carbons (Fsp3) is 0.333. The van der Waals surface area contributed by atoms with Gasteiger partial charge in [0.25, 0.3) is 0 Å². The Bertz CT molecular complexity index is 1300. The molecule has 0 atom stereocenters. The van der Waals surface area contributed by atoms with E-state index in [9.17, 15) is 14.6 Å². The summed E-state index contributed by atoms with van der Waals surface area (Å²) in [6.45, 7) is 4.57. The van der Waals surface area contributed by atoms with Crippen LogP contribution in [0.4, 0.5) is 14.6 Å². The van der Waals surface area contributed by atoms with E-state index < -0.39 is 17.2 Å². The highest BCUT2D eigenvalue weighted by Gasteiger charge is 2.24. The second kappa shape index (κ2) is 10.8. The Morgan fingerprint density at radius 3 is 2.39 bits per heavy atom. The molecule has 1 aliphatic heterocycles. The maximum atomic E-state index is 15.3. The largest absolute Gasteiger partial charge is 0.507 e. The van der Waals surface area contributed by atoms with Gasteiger partial charge in [-0.3, -0.25) is 0 Å². The van der Waals surface area contributed by atoms with Gasteiger partial charge in [0.1, 0.15) is 29.3 Å². The molecule has 0 unspecified atom stereocenters. The second-order valence-corrected chi connectivity index (χ2v) is 9.66. The average molecular weight is 515 g/mol. The molecule has 0 spiro atoms. The van der Waals surface area contributed by atoms with Crippen LogP contribution in [0.3, 0.4) is 0 Å². The number of benzene rings is 2. The summed E-state index contributed by atoms with van der Waals surface area (Å²) >= 11 is 0. The van der Waals surface area contributed by atoms with Crippen LogP contribution < -0.4 is 10.6 Å². The van der Waals surface area contributed by atoms with E-state index in [0.29, 0.717) is 30.0 Å². The predicted octanol–water partition coefficient (Wildman–Crippen LogP) is 4.93. The number of anilines is 1. The van der Waals surface area contributed by atoms with Gasteiger partial charge in [-0.1, -0.05) is 18.2 Å². The van der Waals surface area contributed by atoms with Crippen LogP contribution in [-0.4, -0.2) is 39.9 Å². The van der Waals surface area contributed by atoms with Crippen LogP contribution in [0.1, 0.15) is 37.8 Å². The molecule has 2 aromatic carbocycles. The standard InChI is InChI=1S/C27H28F2N4O2.ClH/c1-27(2,35)14-16-3-6-20(22(29)11-16)25-23(34)13-24(33-9-7-19(31)8-10-33)32-26(25)17-4-5-18(15-30)21(28)12-17;/h3-6,11-13,19,35H,7-10,14,31H2,1-2H3,(H,32,34);1H. The minimum absolute atomic E-state index is 0. The summed E-state index contributed by atoms with van der Waals surface area (Å²) in [5.41, 5.74) is 6.21. The molecular formula is C27H29ClF2N4O2. The monoisotopic (exact) mass is 514 g/mol. The minimum Gasteiger partial charge on any atom is -0.507 e. The van der Waals surface area contributed by atoms with E-state index in [1.165, 1.54) is 36.4 Å². The van der Waals surface area contributed by atoms with Crippen molar-refractivity contribution >= 4 is 18.2 Å².